The van der Waals surface area contributed by atoms with Crippen molar-refractivity contribution in [2.24, 2.45) is 0 Å². The zero-order valence-corrected chi connectivity index (χ0v) is 14.6. The van der Waals surface area contributed by atoms with Crippen LogP contribution in [0, 0.1) is 0 Å². The lowest BCUT2D eigenvalue weighted by molar-refractivity contribution is 0.0504. The number of benzene rings is 2. The van der Waals surface area contributed by atoms with Crippen LogP contribution in [0.2, 0.25) is 0 Å². The predicted octanol–water partition coefficient (Wildman–Crippen LogP) is 4.30. The molecule has 0 unspecified atom stereocenters. The van der Waals surface area contributed by atoms with Crippen LogP contribution in [-0.4, -0.2) is 28.8 Å². The smallest absolute Gasteiger partial charge is 0.338 e. The van der Waals surface area contributed by atoms with E-state index >= 15 is 0 Å². The Balaban J connectivity index is 0.000000251. The first-order chi connectivity index (χ1) is 12.0. The number of carboxylic acid groups (broad SMARTS) is 1. The zero-order valence-electron chi connectivity index (χ0n) is 14.6. The van der Waals surface area contributed by atoms with Crippen molar-refractivity contribution < 1.29 is 24.5 Å². The average Bonchev–Trinajstić information content (AvgIpc) is 2.61. The molecule has 2 rings (SSSR count). The van der Waals surface area contributed by atoms with Crippen LogP contribution in [0.1, 0.15) is 53.0 Å². The molecule has 0 aliphatic heterocycles. The molecule has 25 heavy (non-hydrogen) atoms. The minimum Gasteiger partial charge on any atom is -0.508 e. The molecule has 5 heteroatoms. The summed E-state index contributed by atoms with van der Waals surface area (Å²) in [6, 6.07) is 13.0. The van der Waals surface area contributed by atoms with Crippen LogP contribution in [0.3, 0.4) is 0 Å². The number of phenols is 1. The summed E-state index contributed by atoms with van der Waals surface area (Å²) in [5, 5.41) is 17.6. The minimum absolute atomic E-state index is 0.145. The summed E-state index contributed by atoms with van der Waals surface area (Å²) in [7, 11) is 0. The average molecular weight is 344 g/mol. The number of rotatable bonds is 6. The third kappa shape index (κ3) is 7.52. The molecule has 0 atom stereocenters. The monoisotopic (exact) mass is 344 g/mol. The normalized spacial score (nSPS) is 9.68. The number of aromatic hydroxyl groups is 1. The van der Waals surface area contributed by atoms with Crippen LogP contribution in [0.5, 0.6) is 5.75 Å². The number of aromatic carboxylic acids is 1. The highest BCUT2D eigenvalue weighted by Crippen LogP contribution is 2.10. The van der Waals surface area contributed by atoms with Gasteiger partial charge in [-0.1, -0.05) is 32.4 Å². The van der Waals surface area contributed by atoms with Gasteiger partial charge in [-0.2, -0.15) is 0 Å². The summed E-state index contributed by atoms with van der Waals surface area (Å²) in [6.07, 6.45) is 2.91. The number of carbonyl (C=O) groups excluding carboxylic acids is 1. The van der Waals surface area contributed by atoms with Gasteiger partial charge >= 0.3 is 11.9 Å². The van der Waals surface area contributed by atoms with Gasteiger partial charge in [0.2, 0.25) is 0 Å². The fourth-order valence-corrected chi connectivity index (χ4v) is 1.98. The molecule has 2 aromatic rings. The van der Waals surface area contributed by atoms with Crippen molar-refractivity contribution in [3.05, 3.63) is 65.2 Å². The van der Waals surface area contributed by atoms with Gasteiger partial charge in [0, 0.05) is 0 Å². The summed E-state index contributed by atoms with van der Waals surface area (Å²) < 4.78 is 4.90. The Morgan fingerprint density at radius 2 is 1.44 bits per heavy atom. The van der Waals surface area contributed by atoms with E-state index in [1.54, 1.807) is 12.1 Å². The highest BCUT2D eigenvalue weighted by atomic mass is 16.5. The lowest BCUT2D eigenvalue weighted by Gasteiger charge is -2.02. The van der Waals surface area contributed by atoms with E-state index in [9.17, 15) is 9.59 Å². The van der Waals surface area contributed by atoms with Gasteiger partial charge in [-0.3, -0.25) is 0 Å². The third-order valence-electron chi connectivity index (χ3n) is 3.28. The number of phenolic OH excluding ortho intramolecular Hbond substituents is 1. The molecule has 5 nitrogen and oxygen atoms in total. The number of carbonyl (C=O) groups is 2. The lowest BCUT2D eigenvalue weighted by Crippen LogP contribution is -2.05. The van der Waals surface area contributed by atoms with Crippen LogP contribution in [0.4, 0.5) is 0 Å². The van der Waals surface area contributed by atoms with Crippen molar-refractivity contribution in [2.45, 2.75) is 33.1 Å². The Kier molecular flexibility index (Phi) is 8.79. The molecular formula is C20H24O5. The van der Waals surface area contributed by atoms with Gasteiger partial charge in [-0.15, -0.1) is 0 Å². The first kappa shape index (κ1) is 20.2. The maximum atomic E-state index is 11.2. The maximum Gasteiger partial charge on any atom is 0.338 e. The van der Waals surface area contributed by atoms with Crippen LogP contribution in [0.15, 0.2) is 48.5 Å². The number of hydrogen-bond donors (Lipinski definition) is 2. The van der Waals surface area contributed by atoms with E-state index < -0.39 is 5.97 Å². The van der Waals surface area contributed by atoms with Crippen molar-refractivity contribution in [3.63, 3.8) is 0 Å². The topological polar surface area (TPSA) is 83.8 Å². The number of carboxylic acids is 1. The van der Waals surface area contributed by atoms with Crippen LogP contribution >= 0.6 is 0 Å². The molecule has 0 heterocycles. The number of hydrogen-bond acceptors (Lipinski definition) is 4. The van der Waals surface area contributed by atoms with E-state index in [0.717, 1.165) is 19.3 Å². The minimum atomic E-state index is -0.863. The Bertz CT molecular complexity index is 659. The second-order valence-corrected chi connectivity index (χ2v) is 5.43. The molecule has 0 fully saturated rings. The Labute approximate surface area is 147 Å². The number of ether oxygens (including phenoxy) is 1. The molecule has 2 aromatic carbocycles. The SMILES string of the molecule is CCCOC(=O)c1ccc(O)cc1.CCCc1ccc(C(=O)O)cc1. The molecule has 0 saturated heterocycles. The van der Waals surface area contributed by atoms with Crippen molar-refractivity contribution in [1.29, 1.82) is 0 Å². The summed E-state index contributed by atoms with van der Waals surface area (Å²) in [5.41, 5.74) is 2.02. The fourth-order valence-electron chi connectivity index (χ4n) is 1.98. The summed E-state index contributed by atoms with van der Waals surface area (Å²) in [6.45, 7) is 4.47. The standard InChI is InChI=1S/C10H12O3.C10H12O2/c1-2-7-13-10(12)8-3-5-9(11)6-4-8;1-2-3-8-4-6-9(7-5-8)10(11)12/h3-6,11H,2,7H2,1H3;4-7H,2-3H2,1H3,(H,11,12). The van der Waals surface area contributed by atoms with Gasteiger partial charge < -0.3 is 14.9 Å². The van der Waals surface area contributed by atoms with Gasteiger partial charge in [-0.05, 0) is 54.8 Å². The highest BCUT2D eigenvalue weighted by molar-refractivity contribution is 5.89. The van der Waals surface area contributed by atoms with E-state index in [-0.39, 0.29) is 11.7 Å². The van der Waals surface area contributed by atoms with Gasteiger partial charge in [0.25, 0.3) is 0 Å². The molecule has 0 bridgehead atoms. The first-order valence-corrected chi connectivity index (χ1v) is 8.26. The molecule has 0 aliphatic carbocycles. The van der Waals surface area contributed by atoms with Gasteiger partial charge in [0.1, 0.15) is 5.75 Å². The second kappa shape index (κ2) is 10.9. The molecule has 2 N–H and O–H groups in total. The Morgan fingerprint density at radius 1 is 0.880 bits per heavy atom. The molecule has 0 spiro atoms. The zero-order chi connectivity index (χ0) is 18.7. The predicted molar refractivity (Wildman–Crippen MR) is 96.1 cm³/mol. The number of aryl methyl sites for hydroxylation is 1. The summed E-state index contributed by atoms with van der Waals surface area (Å²) in [5.74, 6) is -1.06. The quantitative estimate of drug-likeness (QED) is 0.764. The molecule has 0 aromatic heterocycles. The Morgan fingerprint density at radius 3 is 1.92 bits per heavy atom. The summed E-state index contributed by atoms with van der Waals surface area (Å²) in [4.78, 5) is 21.7. The maximum absolute atomic E-state index is 11.2. The van der Waals surface area contributed by atoms with E-state index in [4.69, 9.17) is 14.9 Å². The van der Waals surface area contributed by atoms with E-state index in [2.05, 4.69) is 6.92 Å². The van der Waals surface area contributed by atoms with Crippen molar-refractivity contribution in [2.75, 3.05) is 6.61 Å². The molecular weight excluding hydrogens is 320 g/mol. The lowest BCUT2D eigenvalue weighted by atomic mass is 10.1. The summed E-state index contributed by atoms with van der Waals surface area (Å²) >= 11 is 0. The van der Waals surface area contributed by atoms with E-state index in [1.807, 2.05) is 19.1 Å². The second-order valence-electron chi connectivity index (χ2n) is 5.43. The molecule has 134 valence electrons. The van der Waals surface area contributed by atoms with Gasteiger partial charge in [0.15, 0.2) is 0 Å². The largest absolute Gasteiger partial charge is 0.508 e. The van der Waals surface area contributed by atoms with Gasteiger partial charge in [0.05, 0.1) is 17.7 Å². The fraction of sp³-hybridized carbons (Fsp3) is 0.300. The van der Waals surface area contributed by atoms with Crippen molar-refractivity contribution in [1.82, 2.24) is 0 Å². The molecule has 0 amide bonds. The van der Waals surface area contributed by atoms with E-state index in [0.29, 0.717) is 17.7 Å². The van der Waals surface area contributed by atoms with Gasteiger partial charge in [-0.25, -0.2) is 9.59 Å². The van der Waals surface area contributed by atoms with Crippen LogP contribution in [-0.2, 0) is 11.2 Å². The number of esters is 1. The third-order valence-corrected chi connectivity index (χ3v) is 3.28. The molecule has 0 radical (unpaired) electrons. The highest BCUT2D eigenvalue weighted by Gasteiger charge is 2.05. The molecule has 0 saturated carbocycles. The van der Waals surface area contributed by atoms with Crippen LogP contribution in [0.25, 0.3) is 0 Å². The Hall–Kier alpha value is -2.82. The van der Waals surface area contributed by atoms with E-state index in [1.165, 1.54) is 29.8 Å². The molecule has 0 aliphatic rings. The van der Waals surface area contributed by atoms with Crippen molar-refractivity contribution >= 4 is 11.9 Å². The van der Waals surface area contributed by atoms with Crippen molar-refractivity contribution in [3.8, 4) is 5.75 Å². The first-order valence-electron chi connectivity index (χ1n) is 8.26. The van der Waals surface area contributed by atoms with Crippen LogP contribution < -0.4 is 0 Å².